The third kappa shape index (κ3) is 6.32. The fraction of sp³-hybridized carbons (Fsp3) is 0.450. The van der Waals surface area contributed by atoms with E-state index in [-0.39, 0.29) is 41.1 Å². The van der Waals surface area contributed by atoms with Crippen molar-refractivity contribution in [3.8, 4) is 0 Å². The van der Waals surface area contributed by atoms with Crippen molar-refractivity contribution in [1.29, 1.82) is 0 Å². The number of anilines is 1. The molecule has 180 valence electrons. The normalized spacial score (nSPS) is 19.1. The zero-order valence-electron chi connectivity index (χ0n) is 18.1. The van der Waals surface area contributed by atoms with Crippen LogP contribution >= 0.6 is 11.3 Å². The minimum absolute atomic E-state index is 0.0106. The van der Waals surface area contributed by atoms with Gasteiger partial charge < -0.3 is 14.7 Å². The van der Waals surface area contributed by atoms with Gasteiger partial charge in [-0.25, -0.2) is 13.4 Å². The number of carbonyl (C=O) groups excluding carboxylic acids is 1. The lowest BCUT2D eigenvalue weighted by molar-refractivity contribution is -0.110. The molecule has 1 amide bonds. The average Bonchev–Trinajstić information content (AvgIpc) is 3.43. The maximum atomic E-state index is 13.3. The van der Waals surface area contributed by atoms with Gasteiger partial charge in [0.05, 0.1) is 23.8 Å². The fourth-order valence-corrected chi connectivity index (χ4v) is 4.96. The fourth-order valence-electron chi connectivity index (χ4n) is 3.26. The zero-order valence-corrected chi connectivity index (χ0v) is 19.7. The van der Waals surface area contributed by atoms with Gasteiger partial charge in [0.25, 0.3) is 5.91 Å². The van der Waals surface area contributed by atoms with Crippen molar-refractivity contribution in [2.45, 2.75) is 36.4 Å². The highest BCUT2D eigenvalue weighted by atomic mass is 32.2. The number of thiazole rings is 1. The summed E-state index contributed by atoms with van der Waals surface area (Å²) in [6.07, 6.45) is 2.96. The molecular formula is C20H25FN4O6S2. The Hall–Kier alpha value is -2.45. The third-order valence-corrected chi connectivity index (χ3v) is 7.70. The second kappa shape index (κ2) is 11.1. The first-order valence-corrected chi connectivity index (χ1v) is 12.4. The van der Waals surface area contributed by atoms with Gasteiger partial charge in [-0.1, -0.05) is 28.6 Å². The number of aromatic nitrogens is 1. The number of nitrogens with zero attached hydrogens (tertiary/aromatic N) is 3. The number of methoxy groups -OCH3 is 1. The third-order valence-electron chi connectivity index (χ3n) is 5.13. The summed E-state index contributed by atoms with van der Waals surface area (Å²) >= 11 is 0.662. The van der Waals surface area contributed by atoms with E-state index < -0.39 is 21.1 Å². The molecule has 0 spiro atoms. The number of hydrogen-bond acceptors (Lipinski definition) is 9. The van der Waals surface area contributed by atoms with Gasteiger partial charge in [-0.3, -0.25) is 10.1 Å². The van der Waals surface area contributed by atoms with E-state index in [4.69, 9.17) is 14.7 Å². The van der Waals surface area contributed by atoms with Crippen LogP contribution in [0.3, 0.4) is 0 Å². The van der Waals surface area contributed by atoms with Crippen LogP contribution in [0.15, 0.2) is 40.5 Å². The van der Waals surface area contributed by atoms with Crippen LogP contribution in [-0.2, 0) is 24.4 Å². The van der Waals surface area contributed by atoms with Gasteiger partial charge >= 0.3 is 0 Å². The number of amides is 1. The van der Waals surface area contributed by atoms with Gasteiger partial charge in [-0.2, -0.15) is 8.70 Å². The van der Waals surface area contributed by atoms with Crippen molar-refractivity contribution in [2.24, 2.45) is 5.16 Å². The zero-order chi connectivity index (χ0) is 24.0. The number of aliphatic hydroxyl groups excluding tert-OH is 1. The van der Waals surface area contributed by atoms with Crippen LogP contribution in [0.2, 0.25) is 0 Å². The number of halogens is 1. The molecule has 2 N–H and O–H groups in total. The molecule has 1 aliphatic carbocycles. The Kier molecular flexibility index (Phi) is 8.48. The van der Waals surface area contributed by atoms with E-state index in [1.807, 2.05) is 0 Å². The molecule has 3 rings (SSSR count). The number of rotatable bonds is 10. The van der Waals surface area contributed by atoms with E-state index in [1.54, 1.807) is 7.11 Å². The molecule has 1 aliphatic rings. The topological polar surface area (TPSA) is 130 Å². The Bertz CT molecular complexity index is 1090. The molecular weight excluding hydrogens is 475 g/mol. The van der Waals surface area contributed by atoms with E-state index in [0.29, 0.717) is 29.7 Å². The van der Waals surface area contributed by atoms with Crippen LogP contribution in [0.4, 0.5) is 9.52 Å². The van der Waals surface area contributed by atoms with Crippen LogP contribution in [-0.4, -0.2) is 73.9 Å². The van der Waals surface area contributed by atoms with Gasteiger partial charge in [-0.15, -0.1) is 0 Å². The number of likely N-dealkylation sites (N-methyl/N-ethyl adjacent to an activating group) is 1. The number of carbonyl (C=O) groups is 1. The summed E-state index contributed by atoms with van der Waals surface area (Å²) in [6.45, 7) is -0.369. The predicted octanol–water partition coefficient (Wildman–Crippen LogP) is 1.82. The Morgan fingerprint density at radius 2 is 2.03 bits per heavy atom. The molecule has 33 heavy (non-hydrogen) atoms. The monoisotopic (exact) mass is 500 g/mol. The second-order valence-corrected chi connectivity index (χ2v) is 10.4. The molecule has 0 aliphatic heterocycles. The summed E-state index contributed by atoms with van der Waals surface area (Å²) in [5, 5.41) is 15.0. The Morgan fingerprint density at radius 1 is 1.33 bits per heavy atom. The highest BCUT2D eigenvalue weighted by Crippen LogP contribution is 2.25. The highest BCUT2D eigenvalue weighted by Gasteiger charge is 2.27. The van der Waals surface area contributed by atoms with Crippen molar-refractivity contribution in [3.63, 3.8) is 0 Å². The number of oxime groups is 1. The number of sulfonamides is 1. The minimum atomic E-state index is -3.81. The summed E-state index contributed by atoms with van der Waals surface area (Å²) in [6, 6.07) is 5.52. The lowest BCUT2D eigenvalue weighted by Crippen LogP contribution is -2.29. The minimum Gasteiger partial charge on any atom is -0.395 e. The molecule has 0 unspecified atom stereocenters. The van der Waals surface area contributed by atoms with Crippen molar-refractivity contribution in [1.82, 2.24) is 9.29 Å². The van der Waals surface area contributed by atoms with Gasteiger partial charge in [-0.05, 0) is 25.0 Å². The van der Waals surface area contributed by atoms with Gasteiger partial charge in [0, 0.05) is 32.7 Å². The molecule has 0 radical (unpaired) electrons. The average molecular weight is 501 g/mol. The van der Waals surface area contributed by atoms with Gasteiger partial charge in [0.15, 0.2) is 16.0 Å². The van der Waals surface area contributed by atoms with Crippen LogP contribution in [0, 0.1) is 5.13 Å². The predicted molar refractivity (Wildman–Crippen MR) is 120 cm³/mol. The first kappa shape index (κ1) is 25.2. The summed E-state index contributed by atoms with van der Waals surface area (Å²) < 4.78 is 44.7. The quantitative estimate of drug-likeness (QED) is 0.376. The summed E-state index contributed by atoms with van der Waals surface area (Å²) in [5.74, 6) is -0.682. The molecule has 1 heterocycles. The van der Waals surface area contributed by atoms with E-state index >= 15 is 0 Å². The van der Waals surface area contributed by atoms with E-state index in [9.17, 15) is 17.6 Å². The van der Waals surface area contributed by atoms with Crippen molar-refractivity contribution >= 4 is 38.1 Å². The number of hydrogen-bond donors (Lipinski definition) is 2. The standard InChI is InChI=1S/C20H25FN4O6S2/c1-25(9-10-26)33(28,29)16-7-3-13(4-8-16)18(19(27)23-20-22-12-17(21)32-20)24-31-15-6-5-14(11-15)30-2/h3-4,7-8,12,14-15,26H,5-6,9-11H2,1-2H3,(H,22,23,27)/t14-,15-/m1/s1. The maximum absolute atomic E-state index is 13.3. The number of ether oxygens (including phenoxy) is 1. The highest BCUT2D eigenvalue weighted by molar-refractivity contribution is 7.89. The summed E-state index contributed by atoms with van der Waals surface area (Å²) in [4.78, 5) is 22.2. The van der Waals surface area contributed by atoms with Crippen LogP contribution in [0.5, 0.6) is 0 Å². The van der Waals surface area contributed by atoms with Crippen LogP contribution in [0.1, 0.15) is 24.8 Å². The number of nitrogens with one attached hydrogen (secondary N) is 1. The molecule has 1 aromatic heterocycles. The van der Waals surface area contributed by atoms with Crippen LogP contribution < -0.4 is 5.32 Å². The van der Waals surface area contributed by atoms with E-state index in [1.165, 1.54) is 31.3 Å². The summed E-state index contributed by atoms with van der Waals surface area (Å²) in [7, 11) is -0.829. The lowest BCUT2D eigenvalue weighted by atomic mass is 10.1. The maximum Gasteiger partial charge on any atom is 0.280 e. The smallest absolute Gasteiger partial charge is 0.280 e. The lowest BCUT2D eigenvalue weighted by Gasteiger charge is -2.16. The first-order chi connectivity index (χ1) is 15.7. The van der Waals surface area contributed by atoms with Gasteiger partial charge in [0.2, 0.25) is 10.0 Å². The Morgan fingerprint density at radius 3 is 2.61 bits per heavy atom. The van der Waals surface area contributed by atoms with Crippen molar-refractivity contribution in [3.05, 3.63) is 41.2 Å². The SMILES string of the molecule is CO[C@@H]1CC[C@@H](ON=C(C(=O)Nc2ncc(F)s2)c2ccc(S(=O)(=O)N(C)CCO)cc2)C1. The molecule has 13 heteroatoms. The summed E-state index contributed by atoms with van der Waals surface area (Å²) in [5.41, 5.74) is 0.189. The Balaban J connectivity index is 1.85. The largest absolute Gasteiger partial charge is 0.395 e. The van der Waals surface area contributed by atoms with Gasteiger partial charge in [0.1, 0.15) is 6.10 Å². The van der Waals surface area contributed by atoms with Crippen molar-refractivity contribution in [2.75, 3.05) is 32.6 Å². The second-order valence-electron chi connectivity index (χ2n) is 7.34. The molecule has 0 bridgehead atoms. The molecule has 2 aromatic rings. The molecule has 10 nitrogen and oxygen atoms in total. The number of benzene rings is 1. The first-order valence-electron chi connectivity index (χ1n) is 10.1. The molecule has 1 fully saturated rings. The molecule has 2 atom stereocenters. The number of aliphatic hydroxyl groups is 1. The van der Waals surface area contributed by atoms with Crippen LogP contribution in [0.25, 0.3) is 0 Å². The molecule has 1 saturated carbocycles. The Labute approximate surface area is 195 Å². The molecule has 0 saturated heterocycles. The molecule has 1 aromatic carbocycles. The van der Waals surface area contributed by atoms with E-state index in [0.717, 1.165) is 16.9 Å². The van der Waals surface area contributed by atoms with E-state index in [2.05, 4.69) is 15.5 Å². The van der Waals surface area contributed by atoms with Crippen molar-refractivity contribution < 1.29 is 32.3 Å².